The molecule has 1 saturated heterocycles. The third-order valence-corrected chi connectivity index (χ3v) is 4.88. The molecular formula is C23H23N3O4. The summed E-state index contributed by atoms with van der Waals surface area (Å²) in [5.74, 6) is -0.488. The van der Waals surface area contributed by atoms with Gasteiger partial charge in [0.25, 0.3) is 5.91 Å². The van der Waals surface area contributed by atoms with Gasteiger partial charge < -0.3 is 19.4 Å². The Bertz CT molecular complexity index is 993. The van der Waals surface area contributed by atoms with Gasteiger partial charge in [0.15, 0.2) is 6.61 Å². The van der Waals surface area contributed by atoms with Gasteiger partial charge in [-0.3, -0.25) is 9.59 Å². The fourth-order valence-electron chi connectivity index (χ4n) is 3.37. The average molecular weight is 405 g/mol. The molecule has 1 amide bonds. The van der Waals surface area contributed by atoms with Gasteiger partial charge in [-0.1, -0.05) is 18.2 Å². The fourth-order valence-corrected chi connectivity index (χ4v) is 3.37. The van der Waals surface area contributed by atoms with Gasteiger partial charge in [0.05, 0.1) is 12.1 Å². The van der Waals surface area contributed by atoms with Gasteiger partial charge in [0, 0.05) is 30.0 Å². The Hall–Kier alpha value is -3.61. The van der Waals surface area contributed by atoms with Crippen LogP contribution in [0.1, 0.15) is 18.5 Å². The zero-order chi connectivity index (χ0) is 20.8. The minimum absolute atomic E-state index is 0.0614. The summed E-state index contributed by atoms with van der Waals surface area (Å²) in [5.41, 5.74) is 3.10. The summed E-state index contributed by atoms with van der Waals surface area (Å²) < 4.78 is 10.5. The van der Waals surface area contributed by atoms with Crippen molar-refractivity contribution in [3.8, 4) is 11.5 Å². The first kappa shape index (κ1) is 19.7. The molecule has 0 aliphatic carbocycles. The van der Waals surface area contributed by atoms with Crippen LogP contribution in [0.25, 0.3) is 11.5 Å². The van der Waals surface area contributed by atoms with Crippen LogP contribution in [-0.2, 0) is 20.7 Å². The molecule has 154 valence electrons. The topological polar surface area (TPSA) is 84.7 Å². The van der Waals surface area contributed by atoms with Crippen LogP contribution >= 0.6 is 0 Å². The predicted molar refractivity (Wildman–Crippen MR) is 113 cm³/mol. The summed E-state index contributed by atoms with van der Waals surface area (Å²) in [5, 5.41) is 2.74. The van der Waals surface area contributed by atoms with E-state index < -0.39 is 5.97 Å². The van der Waals surface area contributed by atoms with E-state index in [1.54, 1.807) is 0 Å². The zero-order valence-corrected chi connectivity index (χ0v) is 16.5. The number of ether oxygens (including phenoxy) is 1. The van der Waals surface area contributed by atoms with Gasteiger partial charge in [-0.2, -0.15) is 0 Å². The molecule has 7 nitrogen and oxygen atoms in total. The molecule has 1 aromatic heterocycles. The number of oxazole rings is 1. The maximum absolute atomic E-state index is 12.1. The molecule has 0 saturated carbocycles. The Morgan fingerprint density at radius 2 is 1.77 bits per heavy atom. The van der Waals surface area contributed by atoms with Crippen LogP contribution in [0.2, 0.25) is 0 Å². The van der Waals surface area contributed by atoms with Crippen LogP contribution in [0.4, 0.5) is 11.4 Å². The largest absolute Gasteiger partial charge is 0.455 e. The highest BCUT2D eigenvalue weighted by Gasteiger charge is 2.14. The smallest absolute Gasteiger partial charge is 0.312 e. The second kappa shape index (κ2) is 9.26. The number of rotatable bonds is 7. The van der Waals surface area contributed by atoms with Crippen molar-refractivity contribution in [3.63, 3.8) is 0 Å². The van der Waals surface area contributed by atoms with Crippen molar-refractivity contribution in [3.05, 3.63) is 66.6 Å². The number of carbonyl (C=O) groups excluding carboxylic acids is 2. The molecule has 2 aromatic carbocycles. The van der Waals surface area contributed by atoms with E-state index in [-0.39, 0.29) is 18.9 Å². The molecule has 1 N–H and O–H groups in total. The zero-order valence-electron chi connectivity index (χ0n) is 16.5. The Balaban J connectivity index is 1.23. The number of nitrogens with one attached hydrogen (secondary N) is 1. The van der Waals surface area contributed by atoms with Gasteiger partial charge in [-0.15, -0.1) is 0 Å². The van der Waals surface area contributed by atoms with Gasteiger partial charge in [0.1, 0.15) is 6.26 Å². The van der Waals surface area contributed by atoms with Gasteiger partial charge in [-0.25, -0.2) is 4.98 Å². The number of hydrogen-bond acceptors (Lipinski definition) is 6. The second-order valence-corrected chi connectivity index (χ2v) is 7.14. The number of hydrogen-bond donors (Lipinski definition) is 1. The van der Waals surface area contributed by atoms with E-state index in [2.05, 4.69) is 15.2 Å². The molecule has 1 aliphatic rings. The molecule has 7 heteroatoms. The molecule has 0 spiro atoms. The van der Waals surface area contributed by atoms with Crippen LogP contribution in [0.15, 0.2) is 65.3 Å². The lowest BCUT2D eigenvalue weighted by molar-refractivity contribution is -0.146. The van der Waals surface area contributed by atoms with Crippen molar-refractivity contribution in [2.24, 2.45) is 0 Å². The number of benzene rings is 2. The molecule has 0 unspecified atom stereocenters. The maximum atomic E-state index is 12.1. The molecule has 0 bridgehead atoms. The van der Waals surface area contributed by atoms with Gasteiger partial charge in [0.2, 0.25) is 5.89 Å². The first-order chi connectivity index (χ1) is 14.7. The number of aromatic nitrogens is 1. The monoisotopic (exact) mass is 405 g/mol. The maximum Gasteiger partial charge on any atom is 0.312 e. The lowest BCUT2D eigenvalue weighted by Crippen LogP contribution is -2.22. The van der Waals surface area contributed by atoms with Crippen molar-refractivity contribution in [2.75, 3.05) is 29.9 Å². The van der Waals surface area contributed by atoms with Crippen LogP contribution in [0.5, 0.6) is 0 Å². The highest BCUT2D eigenvalue weighted by Crippen LogP contribution is 2.22. The first-order valence-electron chi connectivity index (χ1n) is 9.98. The highest BCUT2D eigenvalue weighted by molar-refractivity contribution is 5.93. The summed E-state index contributed by atoms with van der Waals surface area (Å²) in [7, 11) is 0. The van der Waals surface area contributed by atoms with E-state index >= 15 is 0 Å². The van der Waals surface area contributed by atoms with E-state index in [0.717, 1.165) is 24.3 Å². The summed E-state index contributed by atoms with van der Waals surface area (Å²) in [6, 6.07) is 17.1. The summed E-state index contributed by atoms with van der Waals surface area (Å²) in [4.78, 5) is 30.7. The minimum Gasteiger partial charge on any atom is -0.455 e. The van der Waals surface area contributed by atoms with E-state index in [9.17, 15) is 9.59 Å². The number of carbonyl (C=O) groups is 2. The molecule has 1 fully saturated rings. The lowest BCUT2D eigenvalue weighted by atomic mass is 10.2. The molecule has 0 atom stereocenters. The molecule has 30 heavy (non-hydrogen) atoms. The summed E-state index contributed by atoms with van der Waals surface area (Å²) in [6.07, 6.45) is 3.79. The Kier molecular flexibility index (Phi) is 6.08. The predicted octanol–water partition coefficient (Wildman–Crippen LogP) is 3.67. The van der Waals surface area contributed by atoms with Crippen molar-refractivity contribution < 1.29 is 18.7 Å². The molecule has 3 aromatic rings. The fraction of sp³-hybridized carbons (Fsp3) is 0.261. The molecule has 2 heterocycles. The highest BCUT2D eigenvalue weighted by atomic mass is 16.5. The quantitative estimate of drug-likeness (QED) is 0.604. The third kappa shape index (κ3) is 5.05. The third-order valence-electron chi connectivity index (χ3n) is 4.88. The molecule has 1 aliphatic heterocycles. The number of nitrogens with zero attached hydrogens (tertiary/aromatic N) is 2. The molecule has 4 rings (SSSR count). The van der Waals surface area contributed by atoms with E-state index in [1.807, 2.05) is 54.6 Å². The number of anilines is 2. The lowest BCUT2D eigenvalue weighted by Gasteiger charge is -2.17. The Morgan fingerprint density at radius 3 is 2.50 bits per heavy atom. The first-order valence-corrected chi connectivity index (χ1v) is 9.98. The van der Waals surface area contributed by atoms with Gasteiger partial charge >= 0.3 is 5.97 Å². The van der Waals surface area contributed by atoms with Crippen LogP contribution in [0, 0.1) is 0 Å². The molecule has 0 radical (unpaired) electrons. The van der Waals surface area contributed by atoms with Crippen LogP contribution < -0.4 is 10.2 Å². The standard InChI is InChI=1S/C23H23N3O4/c27-21(24-18-8-10-20(11-9-18)26-12-4-5-13-26)16-29-22(28)14-19-15-30-23(25-19)17-6-2-1-3-7-17/h1-3,6-11,15H,4-5,12-14,16H2,(H,24,27). The van der Waals surface area contributed by atoms with E-state index in [1.165, 1.54) is 19.1 Å². The van der Waals surface area contributed by atoms with E-state index in [0.29, 0.717) is 17.3 Å². The SMILES string of the molecule is O=C(COC(=O)Cc1coc(-c2ccccc2)n1)Nc1ccc(N2CCCC2)cc1. The van der Waals surface area contributed by atoms with Crippen molar-refractivity contribution in [1.82, 2.24) is 4.98 Å². The number of amides is 1. The van der Waals surface area contributed by atoms with Crippen LogP contribution in [-0.4, -0.2) is 36.6 Å². The summed E-state index contributed by atoms with van der Waals surface area (Å²) in [6.45, 7) is 1.79. The second-order valence-electron chi connectivity index (χ2n) is 7.14. The normalized spacial score (nSPS) is 13.3. The van der Waals surface area contributed by atoms with Gasteiger partial charge in [-0.05, 0) is 49.2 Å². The molecular weight excluding hydrogens is 382 g/mol. The van der Waals surface area contributed by atoms with Crippen LogP contribution in [0.3, 0.4) is 0 Å². The summed E-state index contributed by atoms with van der Waals surface area (Å²) >= 11 is 0. The number of esters is 1. The van der Waals surface area contributed by atoms with Crippen molar-refractivity contribution >= 4 is 23.3 Å². The Morgan fingerprint density at radius 1 is 1.03 bits per heavy atom. The van der Waals surface area contributed by atoms with Crippen molar-refractivity contribution in [1.29, 1.82) is 0 Å². The minimum atomic E-state index is -0.539. The van der Waals surface area contributed by atoms with E-state index in [4.69, 9.17) is 9.15 Å². The average Bonchev–Trinajstić information content (AvgIpc) is 3.46. The Labute approximate surface area is 174 Å². The van der Waals surface area contributed by atoms with Crippen molar-refractivity contribution in [2.45, 2.75) is 19.3 Å².